The van der Waals surface area contributed by atoms with E-state index in [4.69, 9.17) is 5.73 Å². The lowest BCUT2D eigenvalue weighted by molar-refractivity contribution is 0.346. The molecule has 0 radical (unpaired) electrons. The highest BCUT2D eigenvalue weighted by Crippen LogP contribution is 2.20. The molecule has 0 aliphatic carbocycles. The monoisotopic (exact) mass is 258 g/mol. The Kier molecular flexibility index (Phi) is 4.36. The summed E-state index contributed by atoms with van der Waals surface area (Å²) in [6.07, 6.45) is 1.22. The van der Waals surface area contributed by atoms with Gasteiger partial charge in [0.1, 0.15) is 15.6 Å². The minimum Gasteiger partial charge on any atom is -0.506 e. The predicted molar refractivity (Wildman–Crippen MR) is 68.6 cm³/mol. The second-order valence-corrected chi connectivity index (χ2v) is 6.52. The van der Waals surface area contributed by atoms with Gasteiger partial charge in [-0.1, -0.05) is 6.07 Å². The first-order valence-electron chi connectivity index (χ1n) is 5.21. The Morgan fingerprint density at radius 2 is 2.06 bits per heavy atom. The Labute approximate surface area is 102 Å². The molecular formula is C11H18N2O3S. The molecule has 0 bridgehead atoms. The van der Waals surface area contributed by atoms with E-state index in [0.29, 0.717) is 18.8 Å². The van der Waals surface area contributed by atoms with Gasteiger partial charge in [-0.05, 0) is 24.7 Å². The normalized spacial score (nSPS) is 11.9. The fourth-order valence-corrected chi connectivity index (χ4v) is 2.06. The van der Waals surface area contributed by atoms with E-state index in [0.717, 1.165) is 5.56 Å². The van der Waals surface area contributed by atoms with Crippen molar-refractivity contribution < 1.29 is 13.5 Å². The molecule has 0 saturated heterocycles. The summed E-state index contributed by atoms with van der Waals surface area (Å²) in [5, 5.41) is 9.27. The molecule has 96 valence electrons. The van der Waals surface area contributed by atoms with Crippen LogP contribution in [0, 0.1) is 0 Å². The van der Waals surface area contributed by atoms with E-state index in [1.165, 1.54) is 12.3 Å². The Morgan fingerprint density at radius 3 is 2.59 bits per heavy atom. The van der Waals surface area contributed by atoms with Gasteiger partial charge >= 0.3 is 0 Å². The first kappa shape index (κ1) is 13.8. The maximum Gasteiger partial charge on any atom is 0.148 e. The number of benzene rings is 1. The van der Waals surface area contributed by atoms with Gasteiger partial charge in [0.2, 0.25) is 0 Å². The largest absolute Gasteiger partial charge is 0.506 e. The number of rotatable bonds is 5. The molecule has 0 fully saturated rings. The van der Waals surface area contributed by atoms with Crippen LogP contribution in [0.5, 0.6) is 5.75 Å². The van der Waals surface area contributed by atoms with Gasteiger partial charge in [0, 0.05) is 19.3 Å². The van der Waals surface area contributed by atoms with Crippen LogP contribution in [0.3, 0.4) is 0 Å². The summed E-state index contributed by atoms with van der Waals surface area (Å²) in [6.45, 7) is 1.07. The molecule has 0 aromatic heterocycles. The van der Waals surface area contributed by atoms with Crippen molar-refractivity contribution in [3.05, 3.63) is 23.8 Å². The summed E-state index contributed by atoms with van der Waals surface area (Å²) < 4.78 is 22.0. The highest BCUT2D eigenvalue weighted by atomic mass is 32.2. The van der Waals surface area contributed by atoms with Crippen LogP contribution in [0.4, 0.5) is 5.69 Å². The molecule has 0 heterocycles. The molecule has 0 atom stereocenters. The number of sulfone groups is 1. The fourth-order valence-electron chi connectivity index (χ4n) is 1.41. The zero-order chi connectivity index (χ0) is 13.1. The van der Waals surface area contributed by atoms with Gasteiger partial charge in [0.25, 0.3) is 0 Å². The van der Waals surface area contributed by atoms with Crippen LogP contribution in [-0.2, 0) is 16.4 Å². The third kappa shape index (κ3) is 5.06. The van der Waals surface area contributed by atoms with Crippen molar-refractivity contribution in [2.24, 2.45) is 0 Å². The molecular weight excluding hydrogens is 240 g/mol. The first-order valence-corrected chi connectivity index (χ1v) is 7.27. The van der Waals surface area contributed by atoms with Gasteiger partial charge in [-0.25, -0.2) is 8.42 Å². The molecule has 0 saturated carbocycles. The van der Waals surface area contributed by atoms with Crippen molar-refractivity contribution in [1.82, 2.24) is 4.90 Å². The molecule has 6 heteroatoms. The standard InChI is InChI=1S/C11H18N2O3S/c1-13(5-6-17(2,15)16)8-9-3-4-11(14)10(12)7-9/h3-4,7,14H,5-6,8,12H2,1-2H3. The molecule has 1 aromatic rings. The number of hydrogen-bond acceptors (Lipinski definition) is 5. The first-order chi connectivity index (χ1) is 7.78. The van der Waals surface area contributed by atoms with E-state index in [2.05, 4.69) is 0 Å². The molecule has 0 aliphatic rings. The van der Waals surface area contributed by atoms with Crippen LogP contribution in [-0.4, -0.2) is 44.0 Å². The summed E-state index contributed by atoms with van der Waals surface area (Å²) in [4.78, 5) is 1.90. The van der Waals surface area contributed by atoms with Crippen LogP contribution < -0.4 is 5.73 Å². The average Bonchev–Trinajstić information content (AvgIpc) is 2.20. The highest BCUT2D eigenvalue weighted by molar-refractivity contribution is 7.90. The van der Waals surface area contributed by atoms with Crippen molar-refractivity contribution in [1.29, 1.82) is 0 Å². The van der Waals surface area contributed by atoms with Crippen molar-refractivity contribution in [3.8, 4) is 5.75 Å². The zero-order valence-electron chi connectivity index (χ0n) is 10.0. The van der Waals surface area contributed by atoms with Gasteiger partial charge in [0.15, 0.2) is 0 Å². The number of nitrogen functional groups attached to an aromatic ring is 1. The summed E-state index contributed by atoms with van der Waals surface area (Å²) in [6, 6.07) is 4.99. The molecule has 0 amide bonds. The summed E-state index contributed by atoms with van der Waals surface area (Å²) in [5.74, 6) is 0.199. The Balaban J connectivity index is 2.56. The van der Waals surface area contributed by atoms with Crippen LogP contribution in [0.2, 0.25) is 0 Å². The fraction of sp³-hybridized carbons (Fsp3) is 0.455. The van der Waals surface area contributed by atoms with Gasteiger partial charge in [0.05, 0.1) is 11.4 Å². The maximum atomic E-state index is 11.0. The van der Waals surface area contributed by atoms with Crippen molar-refractivity contribution in [2.45, 2.75) is 6.54 Å². The van der Waals surface area contributed by atoms with Crippen LogP contribution in [0.15, 0.2) is 18.2 Å². The predicted octanol–water partition coefficient (Wildman–Crippen LogP) is 0.451. The van der Waals surface area contributed by atoms with Gasteiger partial charge in [-0.2, -0.15) is 0 Å². The van der Waals surface area contributed by atoms with Crippen molar-refractivity contribution in [3.63, 3.8) is 0 Å². The lowest BCUT2D eigenvalue weighted by atomic mass is 10.2. The second-order valence-electron chi connectivity index (χ2n) is 4.26. The summed E-state index contributed by atoms with van der Waals surface area (Å²) in [5.41, 5.74) is 6.85. The Hall–Kier alpha value is -1.27. The summed E-state index contributed by atoms with van der Waals surface area (Å²) in [7, 11) is -1.09. The van der Waals surface area contributed by atoms with E-state index >= 15 is 0 Å². The summed E-state index contributed by atoms with van der Waals surface area (Å²) >= 11 is 0. The molecule has 1 aromatic carbocycles. The molecule has 3 N–H and O–H groups in total. The molecule has 1 rings (SSSR count). The molecule has 5 nitrogen and oxygen atoms in total. The van der Waals surface area contributed by atoms with E-state index in [-0.39, 0.29) is 11.5 Å². The SMILES string of the molecule is CN(CCS(C)(=O)=O)Cc1ccc(O)c(N)c1. The average molecular weight is 258 g/mol. The number of phenolic OH excluding ortho intramolecular Hbond substituents is 1. The lowest BCUT2D eigenvalue weighted by Crippen LogP contribution is -2.24. The molecule has 0 unspecified atom stereocenters. The number of aromatic hydroxyl groups is 1. The number of phenols is 1. The smallest absolute Gasteiger partial charge is 0.148 e. The van der Waals surface area contributed by atoms with Gasteiger partial charge in [-0.15, -0.1) is 0 Å². The molecule has 0 spiro atoms. The number of anilines is 1. The zero-order valence-corrected chi connectivity index (χ0v) is 10.9. The topological polar surface area (TPSA) is 83.6 Å². The third-order valence-corrected chi connectivity index (χ3v) is 3.31. The van der Waals surface area contributed by atoms with E-state index in [1.54, 1.807) is 12.1 Å². The van der Waals surface area contributed by atoms with Crippen molar-refractivity contribution in [2.75, 3.05) is 31.3 Å². The van der Waals surface area contributed by atoms with Gasteiger partial charge in [-0.3, -0.25) is 0 Å². The van der Waals surface area contributed by atoms with E-state index in [1.807, 2.05) is 11.9 Å². The van der Waals surface area contributed by atoms with E-state index in [9.17, 15) is 13.5 Å². The van der Waals surface area contributed by atoms with Crippen LogP contribution >= 0.6 is 0 Å². The second kappa shape index (κ2) is 5.37. The number of hydrogen-bond donors (Lipinski definition) is 2. The Morgan fingerprint density at radius 1 is 1.41 bits per heavy atom. The minimum absolute atomic E-state index is 0.0625. The van der Waals surface area contributed by atoms with E-state index < -0.39 is 9.84 Å². The van der Waals surface area contributed by atoms with Crippen LogP contribution in [0.1, 0.15) is 5.56 Å². The molecule has 17 heavy (non-hydrogen) atoms. The third-order valence-electron chi connectivity index (χ3n) is 2.39. The van der Waals surface area contributed by atoms with Crippen molar-refractivity contribution >= 4 is 15.5 Å². The molecule has 0 aliphatic heterocycles. The quantitative estimate of drug-likeness (QED) is 0.592. The minimum atomic E-state index is -2.93. The highest BCUT2D eigenvalue weighted by Gasteiger charge is 2.07. The Bertz CT molecular complexity index is 485. The lowest BCUT2D eigenvalue weighted by Gasteiger charge is -2.16. The van der Waals surface area contributed by atoms with Gasteiger partial charge < -0.3 is 15.7 Å². The van der Waals surface area contributed by atoms with Crippen LogP contribution in [0.25, 0.3) is 0 Å². The number of nitrogens with two attached hydrogens (primary N) is 1. The maximum absolute atomic E-state index is 11.0. The number of nitrogens with zero attached hydrogens (tertiary/aromatic N) is 1.